The molecule has 0 unspecified atom stereocenters. The highest BCUT2D eigenvalue weighted by atomic mass is 16.5. The summed E-state index contributed by atoms with van der Waals surface area (Å²) in [6, 6.07) is 10.8. The quantitative estimate of drug-likeness (QED) is 0.561. The first-order valence-electron chi connectivity index (χ1n) is 5.87. The summed E-state index contributed by atoms with van der Waals surface area (Å²) in [5.41, 5.74) is 6.80. The molecule has 0 aliphatic carbocycles. The predicted molar refractivity (Wildman–Crippen MR) is 72.6 cm³/mol. The Hall–Kier alpha value is -2.40. The van der Waals surface area contributed by atoms with Crippen LogP contribution in [0.1, 0.15) is 11.3 Å². The number of rotatable bonds is 5. The largest absolute Gasteiger partial charge is 0.456 e. The molecular weight excluding hydrogens is 242 g/mol. The Balaban J connectivity index is 2.06. The second kappa shape index (κ2) is 5.97. The van der Waals surface area contributed by atoms with Gasteiger partial charge in [-0.15, -0.1) is 0 Å². The first-order chi connectivity index (χ1) is 9.19. The highest BCUT2D eigenvalue weighted by Crippen LogP contribution is 2.21. The number of aliphatic hydroxyl groups is 1. The second-order valence-corrected chi connectivity index (χ2v) is 4.01. The number of hydrogen-bond donors (Lipinski definition) is 3. The van der Waals surface area contributed by atoms with E-state index < -0.39 is 0 Å². The van der Waals surface area contributed by atoms with Crippen LogP contribution in [0.5, 0.6) is 11.5 Å². The van der Waals surface area contributed by atoms with Crippen LogP contribution in [0.15, 0.2) is 42.6 Å². The van der Waals surface area contributed by atoms with Gasteiger partial charge in [-0.3, -0.25) is 5.41 Å². The highest BCUT2D eigenvalue weighted by Gasteiger charge is 2.01. The van der Waals surface area contributed by atoms with Gasteiger partial charge in [0, 0.05) is 6.61 Å². The molecule has 98 valence electrons. The molecule has 0 atom stereocenters. The standard InChI is InChI=1S/C14H15N3O2/c15-14(16)13-6-5-12(9-17-13)19-11-3-1-10(2-4-11)7-8-18/h1-6,9,18H,7-8H2,(H3,15,16). The van der Waals surface area contributed by atoms with Crippen molar-refractivity contribution in [2.75, 3.05) is 6.61 Å². The van der Waals surface area contributed by atoms with Crippen LogP contribution in [0.4, 0.5) is 0 Å². The lowest BCUT2D eigenvalue weighted by molar-refractivity contribution is 0.299. The van der Waals surface area contributed by atoms with E-state index in [4.69, 9.17) is 21.0 Å². The van der Waals surface area contributed by atoms with Gasteiger partial charge in [0.05, 0.1) is 6.20 Å². The van der Waals surface area contributed by atoms with Gasteiger partial charge in [0.25, 0.3) is 0 Å². The molecule has 2 rings (SSSR count). The van der Waals surface area contributed by atoms with Gasteiger partial charge in [0.2, 0.25) is 0 Å². The van der Waals surface area contributed by atoms with Crippen LogP contribution < -0.4 is 10.5 Å². The predicted octanol–water partition coefficient (Wildman–Crippen LogP) is 1.69. The third kappa shape index (κ3) is 3.53. The Kier molecular flexibility index (Phi) is 4.10. The van der Waals surface area contributed by atoms with Gasteiger partial charge < -0.3 is 15.6 Å². The van der Waals surface area contributed by atoms with Crippen LogP contribution >= 0.6 is 0 Å². The smallest absolute Gasteiger partial charge is 0.145 e. The normalized spacial score (nSPS) is 10.2. The summed E-state index contributed by atoms with van der Waals surface area (Å²) in [6.45, 7) is 0.136. The Labute approximate surface area is 111 Å². The maximum Gasteiger partial charge on any atom is 0.145 e. The minimum absolute atomic E-state index is 0.0695. The molecule has 0 saturated carbocycles. The first kappa shape index (κ1) is 13.0. The average molecular weight is 257 g/mol. The number of aromatic nitrogens is 1. The van der Waals surface area contributed by atoms with Crippen LogP contribution in [0.3, 0.4) is 0 Å². The lowest BCUT2D eigenvalue weighted by Gasteiger charge is -2.06. The van der Waals surface area contributed by atoms with Crippen LogP contribution in [0.2, 0.25) is 0 Å². The molecule has 4 N–H and O–H groups in total. The molecule has 1 heterocycles. The van der Waals surface area contributed by atoms with Gasteiger partial charge >= 0.3 is 0 Å². The number of benzene rings is 1. The molecule has 0 saturated heterocycles. The SMILES string of the molecule is N=C(N)c1ccc(Oc2ccc(CCO)cc2)cn1. The maximum absolute atomic E-state index is 8.83. The summed E-state index contributed by atoms with van der Waals surface area (Å²) in [5.74, 6) is 1.21. The molecule has 19 heavy (non-hydrogen) atoms. The number of hydrogen-bond acceptors (Lipinski definition) is 4. The number of amidine groups is 1. The zero-order valence-electron chi connectivity index (χ0n) is 10.3. The lowest BCUT2D eigenvalue weighted by atomic mass is 10.1. The summed E-state index contributed by atoms with van der Waals surface area (Å²) >= 11 is 0. The van der Waals surface area contributed by atoms with Crippen LogP contribution in [-0.2, 0) is 6.42 Å². The van der Waals surface area contributed by atoms with Crippen LogP contribution in [0, 0.1) is 5.41 Å². The molecule has 2 aromatic rings. The molecule has 0 radical (unpaired) electrons. The first-order valence-corrected chi connectivity index (χ1v) is 5.87. The molecule has 1 aromatic heterocycles. The zero-order chi connectivity index (χ0) is 13.7. The molecule has 0 fully saturated rings. The summed E-state index contributed by atoms with van der Waals surface area (Å²) in [6.07, 6.45) is 2.16. The number of aliphatic hydroxyl groups excluding tert-OH is 1. The highest BCUT2D eigenvalue weighted by molar-refractivity contribution is 5.92. The summed E-state index contributed by atoms with van der Waals surface area (Å²) in [5, 5.41) is 16.1. The van der Waals surface area contributed by atoms with Gasteiger partial charge in [-0.2, -0.15) is 0 Å². The van der Waals surface area contributed by atoms with Gasteiger partial charge in [-0.1, -0.05) is 12.1 Å². The topological polar surface area (TPSA) is 92.2 Å². The third-order valence-electron chi connectivity index (χ3n) is 2.57. The molecular formula is C14H15N3O2. The number of ether oxygens (including phenoxy) is 1. The lowest BCUT2D eigenvalue weighted by Crippen LogP contribution is -2.12. The van der Waals surface area contributed by atoms with Crippen molar-refractivity contribution in [3.8, 4) is 11.5 Å². The molecule has 1 aromatic carbocycles. The van der Waals surface area contributed by atoms with E-state index in [-0.39, 0.29) is 12.4 Å². The molecule has 0 aliphatic heterocycles. The number of nitrogen functional groups attached to an aromatic ring is 1. The van der Waals surface area contributed by atoms with Gasteiger partial charge in [0.15, 0.2) is 0 Å². The minimum atomic E-state index is -0.0695. The summed E-state index contributed by atoms with van der Waals surface area (Å²) < 4.78 is 5.61. The van der Waals surface area contributed by atoms with Crippen molar-refractivity contribution in [1.82, 2.24) is 4.98 Å². The van der Waals surface area contributed by atoms with E-state index in [1.165, 1.54) is 6.20 Å². The molecule has 0 bridgehead atoms. The van der Waals surface area contributed by atoms with Gasteiger partial charge in [0.1, 0.15) is 23.0 Å². The fraction of sp³-hybridized carbons (Fsp3) is 0.143. The third-order valence-corrected chi connectivity index (χ3v) is 2.57. The molecule has 0 aliphatic rings. The molecule has 5 heteroatoms. The summed E-state index contributed by atoms with van der Waals surface area (Å²) in [4.78, 5) is 4.01. The Bertz CT molecular complexity index is 550. The van der Waals surface area contributed by atoms with Crippen molar-refractivity contribution in [2.45, 2.75) is 6.42 Å². The number of nitrogens with zero attached hydrogens (tertiary/aromatic N) is 1. The molecule has 0 spiro atoms. The van der Waals surface area contributed by atoms with E-state index in [1.54, 1.807) is 12.1 Å². The van der Waals surface area contributed by atoms with Crippen molar-refractivity contribution in [1.29, 1.82) is 5.41 Å². The second-order valence-electron chi connectivity index (χ2n) is 4.01. The van der Waals surface area contributed by atoms with E-state index in [0.29, 0.717) is 23.6 Å². The van der Waals surface area contributed by atoms with E-state index in [1.807, 2.05) is 24.3 Å². The van der Waals surface area contributed by atoms with Crippen LogP contribution in [-0.4, -0.2) is 22.5 Å². The average Bonchev–Trinajstić information content (AvgIpc) is 2.42. The van der Waals surface area contributed by atoms with Crippen molar-refractivity contribution in [3.63, 3.8) is 0 Å². The minimum Gasteiger partial charge on any atom is -0.456 e. The number of nitrogens with two attached hydrogens (primary N) is 1. The van der Waals surface area contributed by atoms with E-state index in [0.717, 1.165) is 5.56 Å². The van der Waals surface area contributed by atoms with Crippen molar-refractivity contribution in [3.05, 3.63) is 53.9 Å². The Morgan fingerprint density at radius 2 is 1.84 bits per heavy atom. The van der Waals surface area contributed by atoms with Gasteiger partial charge in [-0.05, 0) is 36.2 Å². The Morgan fingerprint density at radius 3 is 2.37 bits per heavy atom. The zero-order valence-corrected chi connectivity index (χ0v) is 10.3. The monoisotopic (exact) mass is 257 g/mol. The van der Waals surface area contributed by atoms with Crippen molar-refractivity contribution >= 4 is 5.84 Å². The summed E-state index contributed by atoms with van der Waals surface area (Å²) in [7, 11) is 0. The van der Waals surface area contributed by atoms with E-state index >= 15 is 0 Å². The van der Waals surface area contributed by atoms with E-state index in [9.17, 15) is 0 Å². The van der Waals surface area contributed by atoms with Crippen molar-refractivity contribution in [2.24, 2.45) is 5.73 Å². The maximum atomic E-state index is 8.83. The Morgan fingerprint density at radius 1 is 1.16 bits per heavy atom. The fourth-order valence-electron chi connectivity index (χ4n) is 1.59. The van der Waals surface area contributed by atoms with Crippen molar-refractivity contribution < 1.29 is 9.84 Å². The van der Waals surface area contributed by atoms with Gasteiger partial charge in [-0.25, -0.2) is 4.98 Å². The molecule has 0 amide bonds. The number of pyridine rings is 1. The fourth-order valence-corrected chi connectivity index (χ4v) is 1.59. The molecule has 5 nitrogen and oxygen atoms in total. The number of nitrogens with one attached hydrogen (secondary N) is 1. The van der Waals surface area contributed by atoms with E-state index in [2.05, 4.69) is 4.98 Å². The van der Waals surface area contributed by atoms with Crippen LogP contribution in [0.25, 0.3) is 0 Å².